The van der Waals surface area contributed by atoms with Crippen molar-refractivity contribution in [1.82, 2.24) is 10.2 Å². The molecule has 2 amide bonds. The smallest absolute Gasteiger partial charge is 0.259 e. The van der Waals surface area contributed by atoms with E-state index >= 15 is 0 Å². The quantitative estimate of drug-likeness (QED) is 0.626. The summed E-state index contributed by atoms with van der Waals surface area (Å²) in [6.07, 6.45) is 0. The lowest BCUT2D eigenvalue weighted by Gasteiger charge is -2.24. The van der Waals surface area contributed by atoms with Crippen molar-refractivity contribution < 1.29 is 9.59 Å². The number of carbonyl (C=O) groups is 2. The summed E-state index contributed by atoms with van der Waals surface area (Å²) in [4.78, 5) is 27.7. The fourth-order valence-electron chi connectivity index (χ4n) is 2.96. The molecule has 0 unspecified atom stereocenters. The Morgan fingerprint density at radius 2 is 1.81 bits per heavy atom. The standard InChI is InChI=1S/C21H22N2O2S/c1-14-8-10-17(11-9-14)26-13-12-22-20(24)16(3)23-15(2)18-6-4-5-7-19(18)21(23)25/h4-11,16H,2,12-13H2,1,3H3,(H,22,24)/t16-/m1/s1. The lowest BCUT2D eigenvalue weighted by Crippen LogP contribution is -2.45. The highest BCUT2D eigenvalue weighted by molar-refractivity contribution is 7.99. The zero-order chi connectivity index (χ0) is 18.7. The third-order valence-corrected chi connectivity index (χ3v) is 5.45. The first-order valence-electron chi connectivity index (χ1n) is 8.58. The van der Waals surface area contributed by atoms with E-state index in [2.05, 4.69) is 43.1 Å². The van der Waals surface area contributed by atoms with E-state index in [0.29, 0.717) is 17.8 Å². The largest absolute Gasteiger partial charge is 0.353 e. The van der Waals surface area contributed by atoms with Gasteiger partial charge in [-0.05, 0) is 32.0 Å². The van der Waals surface area contributed by atoms with Crippen LogP contribution in [-0.4, -0.2) is 35.1 Å². The molecule has 1 atom stereocenters. The van der Waals surface area contributed by atoms with Crippen molar-refractivity contribution in [3.05, 3.63) is 71.8 Å². The number of hydrogen-bond donors (Lipinski definition) is 1. The molecule has 2 aromatic rings. The van der Waals surface area contributed by atoms with Gasteiger partial charge >= 0.3 is 0 Å². The molecular formula is C21H22N2O2S. The predicted molar refractivity (Wildman–Crippen MR) is 106 cm³/mol. The van der Waals surface area contributed by atoms with Crippen LogP contribution in [0.4, 0.5) is 0 Å². The van der Waals surface area contributed by atoms with Crippen LogP contribution in [0.1, 0.15) is 28.4 Å². The van der Waals surface area contributed by atoms with Crippen LogP contribution in [-0.2, 0) is 4.79 Å². The van der Waals surface area contributed by atoms with Crippen molar-refractivity contribution in [2.24, 2.45) is 0 Å². The van der Waals surface area contributed by atoms with Gasteiger partial charge in [0.1, 0.15) is 6.04 Å². The van der Waals surface area contributed by atoms with Gasteiger partial charge in [0.15, 0.2) is 0 Å². The van der Waals surface area contributed by atoms with Crippen LogP contribution in [0.2, 0.25) is 0 Å². The summed E-state index contributed by atoms with van der Waals surface area (Å²) in [6, 6.07) is 15.0. The van der Waals surface area contributed by atoms with Crippen molar-refractivity contribution in [3.8, 4) is 0 Å². The SMILES string of the molecule is C=C1c2ccccc2C(=O)N1[C@H](C)C(=O)NCCSc1ccc(C)cc1. The minimum absolute atomic E-state index is 0.165. The molecule has 2 aromatic carbocycles. The highest BCUT2D eigenvalue weighted by Crippen LogP contribution is 2.32. The van der Waals surface area contributed by atoms with E-state index < -0.39 is 6.04 Å². The van der Waals surface area contributed by atoms with Gasteiger partial charge in [0.25, 0.3) is 5.91 Å². The number of carbonyl (C=O) groups excluding carboxylic acids is 2. The predicted octanol–water partition coefficient (Wildman–Crippen LogP) is 3.72. The average molecular weight is 366 g/mol. The first-order valence-corrected chi connectivity index (χ1v) is 9.56. The molecule has 0 aromatic heterocycles. The van der Waals surface area contributed by atoms with E-state index in [4.69, 9.17) is 0 Å². The van der Waals surface area contributed by atoms with Crippen LogP contribution in [0.3, 0.4) is 0 Å². The minimum Gasteiger partial charge on any atom is -0.353 e. The van der Waals surface area contributed by atoms with Crippen molar-refractivity contribution >= 4 is 29.3 Å². The Hall–Kier alpha value is -2.53. The first-order chi connectivity index (χ1) is 12.5. The molecule has 5 heteroatoms. The number of fused-ring (bicyclic) bond motifs is 1. The van der Waals surface area contributed by atoms with Crippen molar-refractivity contribution in [2.45, 2.75) is 24.8 Å². The lowest BCUT2D eigenvalue weighted by atomic mass is 10.1. The second kappa shape index (κ2) is 7.79. The van der Waals surface area contributed by atoms with Gasteiger partial charge in [-0.1, -0.05) is 42.5 Å². The van der Waals surface area contributed by atoms with Crippen molar-refractivity contribution in [2.75, 3.05) is 12.3 Å². The fraction of sp³-hybridized carbons (Fsp3) is 0.238. The van der Waals surface area contributed by atoms with Crippen molar-refractivity contribution in [1.29, 1.82) is 0 Å². The molecule has 0 saturated heterocycles. The Bertz CT molecular complexity index is 810. The number of hydrogen-bond acceptors (Lipinski definition) is 3. The number of nitrogens with one attached hydrogen (secondary N) is 1. The second-order valence-electron chi connectivity index (χ2n) is 6.30. The molecule has 1 heterocycles. The number of nitrogens with zero attached hydrogens (tertiary/aromatic N) is 1. The van der Waals surface area contributed by atoms with E-state index in [0.717, 1.165) is 11.3 Å². The lowest BCUT2D eigenvalue weighted by molar-refractivity contribution is -0.124. The van der Waals surface area contributed by atoms with Crippen molar-refractivity contribution in [3.63, 3.8) is 0 Å². The molecule has 0 radical (unpaired) electrons. The molecule has 3 rings (SSSR count). The first kappa shape index (κ1) is 18.3. The highest BCUT2D eigenvalue weighted by Gasteiger charge is 2.36. The Kier molecular flexibility index (Phi) is 5.47. The van der Waals surface area contributed by atoms with E-state index in [1.807, 2.05) is 18.2 Å². The van der Waals surface area contributed by atoms with Gasteiger partial charge in [0, 0.05) is 34.0 Å². The summed E-state index contributed by atoms with van der Waals surface area (Å²) in [5.74, 6) is 0.440. The molecule has 134 valence electrons. The average Bonchev–Trinajstić information content (AvgIpc) is 2.90. The summed E-state index contributed by atoms with van der Waals surface area (Å²) in [5.41, 5.74) is 3.22. The molecular weight excluding hydrogens is 344 g/mol. The normalized spacial score (nSPS) is 14.3. The molecule has 0 saturated carbocycles. The monoisotopic (exact) mass is 366 g/mol. The maximum Gasteiger partial charge on any atom is 0.259 e. The third kappa shape index (κ3) is 3.68. The number of aryl methyl sites for hydroxylation is 1. The Balaban J connectivity index is 1.53. The summed E-state index contributed by atoms with van der Waals surface area (Å²) < 4.78 is 0. The van der Waals surface area contributed by atoms with Gasteiger partial charge in [-0.2, -0.15) is 0 Å². The molecule has 1 N–H and O–H groups in total. The van der Waals surface area contributed by atoms with Crippen LogP contribution >= 0.6 is 11.8 Å². The second-order valence-corrected chi connectivity index (χ2v) is 7.46. The Morgan fingerprint density at radius 1 is 1.15 bits per heavy atom. The minimum atomic E-state index is -0.591. The molecule has 0 spiro atoms. The van der Waals surface area contributed by atoms with Crippen LogP contribution in [0.15, 0.2) is 60.0 Å². The van der Waals surface area contributed by atoms with Crippen LogP contribution in [0, 0.1) is 6.92 Å². The van der Waals surface area contributed by atoms with E-state index in [9.17, 15) is 9.59 Å². The van der Waals surface area contributed by atoms with E-state index in [-0.39, 0.29) is 11.8 Å². The summed E-state index contributed by atoms with van der Waals surface area (Å²) >= 11 is 1.69. The topological polar surface area (TPSA) is 49.4 Å². The molecule has 0 bridgehead atoms. The molecule has 1 aliphatic heterocycles. The zero-order valence-corrected chi connectivity index (χ0v) is 15.8. The highest BCUT2D eigenvalue weighted by atomic mass is 32.2. The molecule has 0 fully saturated rings. The molecule has 1 aliphatic rings. The number of thioether (sulfide) groups is 1. The number of amides is 2. The zero-order valence-electron chi connectivity index (χ0n) is 15.0. The van der Waals surface area contributed by atoms with Gasteiger partial charge in [0.05, 0.1) is 0 Å². The Labute approximate surface area is 158 Å². The van der Waals surface area contributed by atoms with Gasteiger partial charge in [0.2, 0.25) is 5.91 Å². The van der Waals surface area contributed by atoms with Crippen LogP contribution in [0.25, 0.3) is 5.70 Å². The molecule has 4 nitrogen and oxygen atoms in total. The van der Waals surface area contributed by atoms with Crippen LogP contribution < -0.4 is 5.32 Å². The summed E-state index contributed by atoms with van der Waals surface area (Å²) in [6.45, 7) is 8.33. The van der Waals surface area contributed by atoms with E-state index in [1.54, 1.807) is 24.8 Å². The maximum atomic E-state index is 12.6. The van der Waals surface area contributed by atoms with E-state index in [1.165, 1.54) is 15.4 Å². The molecule has 26 heavy (non-hydrogen) atoms. The van der Waals surface area contributed by atoms with Gasteiger partial charge in [-0.25, -0.2) is 0 Å². The number of rotatable bonds is 6. The maximum absolute atomic E-state index is 12.6. The van der Waals surface area contributed by atoms with Gasteiger partial charge in [-0.3, -0.25) is 14.5 Å². The number of benzene rings is 2. The molecule has 0 aliphatic carbocycles. The third-order valence-electron chi connectivity index (χ3n) is 4.44. The van der Waals surface area contributed by atoms with Gasteiger partial charge in [-0.15, -0.1) is 11.8 Å². The summed E-state index contributed by atoms with van der Waals surface area (Å²) in [7, 11) is 0. The van der Waals surface area contributed by atoms with Crippen LogP contribution in [0.5, 0.6) is 0 Å². The fourth-order valence-corrected chi connectivity index (χ4v) is 3.72. The Morgan fingerprint density at radius 3 is 2.46 bits per heavy atom. The summed E-state index contributed by atoms with van der Waals surface area (Å²) in [5, 5.41) is 2.91. The van der Waals surface area contributed by atoms with Gasteiger partial charge < -0.3 is 5.32 Å².